The zero-order chi connectivity index (χ0) is 14.7. The summed E-state index contributed by atoms with van der Waals surface area (Å²) in [5.74, 6) is 0.702. The second-order valence-corrected chi connectivity index (χ2v) is 5.85. The van der Waals surface area contributed by atoms with E-state index in [1.807, 2.05) is 38.1 Å². The molecule has 3 N–H and O–H groups in total. The molecule has 0 fully saturated rings. The molecule has 0 aliphatic heterocycles. The molecular weight excluding hydrogens is 316 g/mol. The number of para-hydroxylation sites is 1. The summed E-state index contributed by atoms with van der Waals surface area (Å²) in [6.45, 7) is 6.02. The van der Waals surface area contributed by atoms with Gasteiger partial charge in [0.15, 0.2) is 0 Å². The van der Waals surface area contributed by atoms with Crippen LogP contribution in [0.1, 0.15) is 19.4 Å². The molecule has 3 nitrogen and oxygen atoms in total. The maximum Gasteiger partial charge on any atom is 0.144 e. The van der Waals surface area contributed by atoms with Gasteiger partial charge in [-0.1, -0.05) is 12.1 Å². The highest BCUT2D eigenvalue weighted by Crippen LogP contribution is 2.34. The van der Waals surface area contributed by atoms with Crippen LogP contribution in [0.4, 0.5) is 17.1 Å². The minimum absolute atomic E-state index is 0.0960. The molecule has 0 aliphatic rings. The van der Waals surface area contributed by atoms with Crippen LogP contribution in [-0.2, 0) is 0 Å². The highest BCUT2D eigenvalue weighted by molar-refractivity contribution is 9.10. The van der Waals surface area contributed by atoms with Crippen molar-refractivity contribution in [2.45, 2.75) is 26.9 Å². The molecule has 20 heavy (non-hydrogen) atoms. The van der Waals surface area contributed by atoms with Gasteiger partial charge in [-0.25, -0.2) is 0 Å². The molecule has 4 heteroatoms. The molecule has 106 valence electrons. The van der Waals surface area contributed by atoms with E-state index in [1.54, 1.807) is 0 Å². The fourth-order valence-corrected chi connectivity index (χ4v) is 2.47. The first-order valence-electron chi connectivity index (χ1n) is 6.55. The Morgan fingerprint density at radius 1 is 1.15 bits per heavy atom. The number of nitrogen functional groups attached to an aromatic ring is 1. The molecule has 0 bridgehead atoms. The highest BCUT2D eigenvalue weighted by atomic mass is 79.9. The van der Waals surface area contributed by atoms with Crippen LogP contribution in [0, 0.1) is 6.92 Å². The first kappa shape index (κ1) is 14.7. The van der Waals surface area contributed by atoms with E-state index in [0.717, 1.165) is 15.8 Å². The molecule has 2 rings (SSSR count). The van der Waals surface area contributed by atoms with Crippen LogP contribution in [0.15, 0.2) is 40.9 Å². The minimum atomic E-state index is 0.0960. The van der Waals surface area contributed by atoms with Gasteiger partial charge in [-0.15, -0.1) is 0 Å². The van der Waals surface area contributed by atoms with Crippen LogP contribution in [0.25, 0.3) is 0 Å². The predicted octanol–water partition coefficient (Wildman–Crippen LogP) is 4.87. The van der Waals surface area contributed by atoms with Gasteiger partial charge in [0, 0.05) is 4.47 Å². The molecule has 0 radical (unpaired) electrons. The van der Waals surface area contributed by atoms with Crippen LogP contribution < -0.4 is 15.8 Å². The van der Waals surface area contributed by atoms with Crippen LogP contribution in [0.2, 0.25) is 0 Å². The Labute approximate surface area is 128 Å². The third-order valence-electron chi connectivity index (χ3n) is 2.82. The molecule has 0 unspecified atom stereocenters. The van der Waals surface area contributed by atoms with Gasteiger partial charge in [-0.05, 0) is 66.5 Å². The van der Waals surface area contributed by atoms with E-state index >= 15 is 0 Å². The fourth-order valence-electron chi connectivity index (χ4n) is 1.88. The Morgan fingerprint density at radius 3 is 2.55 bits per heavy atom. The summed E-state index contributed by atoms with van der Waals surface area (Å²) in [4.78, 5) is 0. The second kappa shape index (κ2) is 6.18. The third kappa shape index (κ3) is 3.45. The number of halogens is 1. The van der Waals surface area contributed by atoms with Crippen molar-refractivity contribution >= 4 is 33.0 Å². The molecule has 0 atom stereocenters. The summed E-state index contributed by atoms with van der Waals surface area (Å²) < 4.78 is 6.70. The standard InChI is InChI=1S/C16H19BrN2O/c1-10(2)20-15-6-4-5-14(16(15)18)19-13-8-7-11(3)9-12(13)17/h4-10,19H,18H2,1-3H3. The monoisotopic (exact) mass is 334 g/mol. The predicted molar refractivity (Wildman–Crippen MR) is 88.8 cm³/mol. The third-order valence-corrected chi connectivity index (χ3v) is 3.48. The number of benzene rings is 2. The van der Waals surface area contributed by atoms with Gasteiger partial charge >= 0.3 is 0 Å². The maximum absolute atomic E-state index is 6.16. The Hall–Kier alpha value is -1.68. The zero-order valence-corrected chi connectivity index (χ0v) is 13.5. The lowest BCUT2D eigenvalue weighted by atomic mass is 10.2. The van der Waals surface area contributed by atoms with E-state index in [4.69, 9.17) is 10.5 Å². The lowest BCUT2D eigenvalue weighted by Crippen LogP contribution is -2.08. The van der Waals surface area contributed by atoms with Crippen molar-refractivity contribution in [1.29, 1.82) is 0 Å². The van der Waals surface area contributed by atoms with E-state index in [0.29, 0.717) is 11.4 Å². The summed E-state index contributed by atoms with van der Waals surface area (Å²) in [5.41, 5.74) is 9.79. The molecule has 2 aromatic carbocycles. The Morgan fingerprint density at radius 2 is 1.90 bits per heavy atom. The van der Waals surface area contributed by atoms with Gasteiger partial charge in [-0.2, -0.15) is 0 Å². The second-order valence-electron chi connectivity index (χ2n) is 4.99. The van der Waals surface area contributed by atoms with Crippen molar-refractivity contribution in [2.24, 2.45) is 0 Å². The summed E-state index contributed by atoms with van der Waals surface area (Å²) in [6, 6.07) is 11.9. The molecule has 0 saturated heterocycles. The molecule has 0 aliphatic carbocycles. The lowest BCUT2D eigenvalue weighted by Gasteiger charge is -2.16. The van der Waals surface area contributed by atoms with Gasteiger partial charge in [0.05, 0.1) is 23.2 Å². The minimum Gasteiger partial charge on any atom is -0.489 e. The molecule has 0 amide bonds. The molecule has 0 spiro atoms. The van der Waals surface area contributed by atoms with Crippen molar-refractivity contribution in [1.82, 2.24) is 0 Å². The molecule has 0 heterocycles. The van der Waals surface area contributed by atoms with Crippen molar-refractivity contribution < 1.29 is 4.74 Å². The Kier molecular flexibility index (Phi) is 4.55. The van der Waals surface area contributed by atoms with Crippen molar-refractivity contribution in [3.8, 4) is 5.75 Å². The first-order chi connectivity index (χ1) is 9.47. The smallest absolute Gasteiger partial charge is 0.144 e. The van der Waals surface area contributed by atoms with Crippen molar-refractivity contribution in [2.75, 3.05) is 11.1 Å². The number of anilines is 3. The summed E-state index contributed by atoms with van der Waals surface area (Å²) in [5, 5.41) is 3.33. The van der Waals surface area contributed by atoms with Crippen molar-refractivity contribution in [3.63, 3.8) is 0 Å². The van der Waals surface area contributed by atoms with Crippen LogP contribution in [-0.4, -0.2) is 6.10 Å². The van der Waals surface area contributed by atoms with Gasteiger partial charge in [0.1, 0.15) is 5.75 Å². The number of rotatable bonds is 4. The van der Waals surface area contributed by atoms with Crippen LogP contribution in [0.3, 0.4) is 0 Å². The SMILES string of the molecule is Cc1ccc(Nc2cccc(OC(C)C)c2N)c(Br)c1. The number of nitrogens with one attached hydrogen (secondary N) is 1. The topological polar surface area (TPSA) is 47.3 Å². The normalized spacial score (nSPS) is 10.7. The Balaban J connectivity index is 2.29. The Bertz CT molecular complexity index is 611. The number of hydrogen-bond donors (Lipinski definition) is 2. The van der Waals surface area contributed by atoms with E-state index < -0.39 is 0 Å². The highest BCUT2D eigenvalue weighted by Gasteiger charge is 2.09. The van der Waals surface area contributed by atoms with E-state index in [9.17, 15) is 0 Å². The summed E-state index contributed by atoms with van der Waals surface area (Å²) in [7, 11) is 0. The van der Waals surface area contributed by atoms with Gasteiger partial charge in [-0.3, -0.25) is 0 Å². The van der Waals surface area contributed by atoms with E-state index in [-0.39, 0.29) is 6.10 Å². The molecule has 0 aromatic heterocycles. The van der Waals surface area contributed by atoms with E-state index in [1.165, 1.54) is 5.56 Å². The zero-order valence-electron chi connectivity index (χ0n) is 11.9. The lowest BCUT2D eigenvalue weighted by molar-refractivity contribution is 0.244. The first-order valence-corrected chi connectivity index (χ1v) is 7.35. The quantitative estimate of drug-likeness (QED) is 0.784. The average Bonchev–Trinajstić information content (AvgIpc) is 2.36. The number of ether oxygens (including phenoxy) is 1. The van der Waals surface area contributed by atoms with Crippen LogP contribution in [0.5, 0.6) is 5.75 Å². The fraction of sp³-hybridized carbons (Fsp3) is 0.250. The molecule has 0 saturated carbocycles. The van der Waals surface area contributed by atoms with Gasteiger partial charge in [0.25, 0.3) is 0 Å². The number of hydrogen-bond acceptors (Lipinski definition) is 3. The average molecular weight is 335 g/mol. The van der Waals surface area contributed by atoms with Crippen molar-refractivity contribution in [3.05, 3.63) is 46.4 Å². The number of aryl methyl sites for hydroxylation is 1. The summed E-state index contributed by atoms with van der Waals surface area (Å²) in [6.07, 6.45) is 0.0960. The van der Waals surface area contributed by atoms with Gasteiger partial charge < -0.3 is 15.8 Å². The number of nitrogens with two attached hydrogens (primary N) is 1. The maximum atomic E-state index is 6.16. The largest absolute Gasteiger partial charge is 0.489 e. The molecule has 2 aromatic rings. The summed E-state index contributed by atoms with van der Waals surface area (Å²) >= 11 is 3.55. The van der Waals surface area contributed by atoms with Gasteiger partial charge in [0.2, 0.25) is 0 Å². The van der Waals surface area contributed by atoms with Crippen LogP contribution >= 0.6 is 15.9 Å². The van der Waals surface area contributed by atoms with E-state index in [2.05, 4.69) is 40.3 Å². The molecular formula is C16H19BrN2O.